The number of fused-ring (bicyclic) bond motifs is 1. The van der Waals surface area contributed by atoms with Crippen LogP contribution in [-0.2, 0) is 0 Å². The average Bonchev–Trinajstić information content (AvgIpc) is 2.77. The summed E-state index contributed by atoms with van der Waals surface area (Å²) >= 11 is 2.34. The molecule has 0 saturated heterocycles. The van der Waals surface area contributed by atoms with Crippen LogP contribution in [0.4, 0.5) is 0 Å². The van der Waals surface area contributed by atoms with Crippen LogP contribution in [0.25, 0.3) is 11.0 Å². The number of amides is 1. The van der Waals surface area contributed by atoms with Crippen LogP contribution in [-0.4, -0.2) is 16.9 Å². The van der Waals surface area contributed by atoms with Crippen LogP contribution in [0.1, 0.15) is 29.0 Å². The zero-order valence-corrected chi connectivity index (χ0v) is 12.5. The Balaban J connectivity index is 2.04. The van der Waals surface area contributed by atoms with E-state index in [9.17, 15) is 4.79 Å². The maximum atomic E-state index is 11.9. The molecular weight excluding hydrogens is 341 g/mol. The zero-order chi connectivity index (χ0) is 13.0. The van der Waals surface area contributed by atoms with Gasteiger partial charge < -0.3 is 9.73 Å². The van der Waals surface area contributed by atoms with Gasteiger partial charge in [-0.2, -0.15) is 0 Å². The van der Waals surface area contributed by atoms with Crippen molar-refractivity contribution >= 4 is 39.5 Å². The molecule has 0 bridgehead atoms. The van der Waals surface area contributed by atoms with Crippen molar-refractivity contribution in [3.8, 4) is 0 Å². The number of carbonyl (C=O) groups is 1. The second-order valence-electron chi connectivity index (χ2n) is 4.30. The Hall–Kier alpha value is -1.04. The van der Waals surface area contributed by atoms with Gasteiger partial charge in [-0.3, -0.25) is 4.79 Å². The van der Waals surface area contributed by atoms with Crippen molar-refractivity contribution in [2.24, 2.45) is 0 Å². The summed E-state index contributed by atoms with van der Waals surface area (Å²) in [4.78, 5) is 11.9. The molecule has 0 spiro atoms. The number of furan rings is 1. The maximum Gasteiger partial charge on any atom is 0.287 e. The number of hydrogen-bond acceptors (Lipinski definition) is 2. The van der Waals surface area contributed by atoms with Gasteiger partial charge >= 0.3 is 0 Å². The molecule has 96 valence electrons. The van der Waals surface area contributed by atoms with Gasteiger partial charge in [0.15, 0.2) is 5.76 Å². The van der Waals surface area contributed by atoms with Gasteiger partial charge in [0.2, 0.25) is 0 Å². The fourth-order valence-electron chi connectivity index (χ4n) is 1.78. The van der Waals surface area contributed by atoms with Crippen molar-refractivity contribution in [3.05, 3.63) is 35.6 Å². The second-order valence-corrected chi connectivity index (χ2v) is 5.38. The molecule has 1 aromatic carbocycles. The van der Waals surface area contributed by atoms with Crippen LogP contribution in [0.5, 0.6) is 0 Å². The number of alkyl halides is 1. The Labute approximate surface area is 120 Å². The molecule has 1 heterocycles. The molecule has 18 heavy (non-hydrogen) atoms. The van der Waals surface area contributed by atoms with E-state index in [1.54, 1.807) is 6.07 Å². The van der Waals surface area contributed by atoms with Gasteiger partial charge in [-0.1, -0.05) is 34.2 Å². The molecule has 0 atom stereocenters. The smallest absolute Gasteiger partial charge is 0.287 e. The van der Waals surface area contributed by atoms with Crippen LogP contribution in [0, 0.1) is 6.92 Å². The number of benzene rings is 1. The number of nitrogens with one attached hydrogen (secondary N) is 1. The number of aryl methyl sites for hydroxylation is 1. The first-order valence-electron chi connectivity index (χ1n) is 6.05. The summed E-state index contributed by atoms with van der Waals surface area (Å²) in [6, 6.07) is 7.70. The summed E-state index contributed by atoms with van der Waals surface area (Å²) in [6.45, 7) is 2.73. The normalized spacial score (nSPS) is 10.8. The van der Waals surface area contributed by atoms with Crippen molar-refractivity contribution < 1.29 is 9.21 Å². The van der Waals surface area contributed by atoms with Crippen molar-refractivity contribution in [3.63, 3.8) is 0 Å². The van der Waals surface area contributed by atoms with Gasteiger partial charge in [0.05, 0.1) is 0 Å². The summed E-state index contributed by atoms with van der Waals surface area (Å²) in [7, 11) is 0. The van der Waals surface area contributed by atoms with E-state index in [0.29, 0.717) is 12.3 Å². The predicted octanol–water partition coefficient (Wildman–Crippen LogP) is 3.69. The molecule has 2 rings (SSSR count). The first-order valence-corrected chi connectivity index (χ1v) is 7.57. The Bertz CT molecular complexity index is 548. The molecule has 1 aromatic heterocycles. The first kappa shape index (κ1) is 13.4. The molecule has 1 amide bonds. The number of rotatable bonds is 5. The van der Waals surface area contributed by atoms with E-state index in [4.69, 9.17) is 4.42 Å². The van der Waals surface area contributed by atoms with Crippen LogP contribution < -0.4 is 5.32 Å². The van der Waals surface area contributed by atoms with Gasteiger partial charge in [-0.15, -0.1) is 0 Å². The summed E-state index contributed by atoms with van der Waals surface area (Å²) in [6.07, 6.45) is 2.13. The number of carbonyl (C=O) groups excluding carboxylic acids is 1. The van der Waals surface area contributed by atoms with Crippen molar-refractivity contribution in [2.45, 2.75) is 19.8 Å². The van der Waals surface area contributed by atoms with Crippen molar-refractivity contribution in [2.75, 3.05) is 11.0 Å². The highest BCUT2D eigenvalue weighted by Crippen LogP contribution is 2.20. The second kappa shape index (κ2) is 6.22. The van der Waals surface area contributed by atoms with E-state index in [-0.39, 0.29) is 5.91 Å². The Morgan fingerprint density at radius 1 is 1.33 bits per heavy atom. The molecule has 4 heteroatoms. The van der Waals surface area contributed by atoms with Crippen LogP contribution >= 0.6 is 22.6 Å². The van der Waals surface area contributed by atoms with E-state index < -0.39 is 0 Å². The minimum absolute atomic E-state index is 0.127. The topological polar surface area (TPSA) is 42.2 Å². The van der Waals surface area contributed by atoms with Crippen LogP contribution in [0.15, 0.2) is 28.7 Å². The van der Waals surface area contributed by atoms with Gasteiger partial charge in [-0.25, -0.2) is 0 Å². The highest BCUT2D eigenvalue weighted by molar-refractivity contribution is 14.1. The summed E-state index contributed by atoms with van der Waals surface area (Å²) in [5.74, 6) is 0.266. The van der Waals surface area contributed by atoms with Gasteiger partial charge in [0.25, 0.3) is 5.91 Å². The molecule has 0 fully saturated rings. The largest absolute Gasteiger partial charge is 0.451 e. The minimum atomic E-state index is -0.127. The summed E-state index contributed by atoms with van der Waals surface area (Å²) in [5.41, 5.74) is 1.93. The number of halogens is 1. The van der Waals surface area contributed by atoms with Crippen LogP contribution in [0.2, 0.25) is 0 Å². The van der Waals surface area contributed by atoms with Gasteiger partial charge in [0, 0.05) is 11.9 Å². The molecular formula is C14H16INO2. The molecule has 0 aliphatic heterocycles. The molecule has 0 aliphatic carbocycles. The Morgan fingerprint density at radius 2 is 2.17 bits per heavy atom. The number of unbranched alkanes of at least 4 members (excludes halogenated alkanes) is 1. The zero-order valence-electron chi connectivity index (χ0n) is 10.3. The molecule has 0 aliphatic rings. The quantitative estimate of drug-likeness (QED) is 0.504. The predicted molar refractivity (Wildman–Crippen MR) is 81.4 cm³/mol. The lowest BCUT2D eigenvalue weighted by molar-refractivity contribution is 0.0927. The van der Waals surface area contributed by atoms with E-state index in [1.807, 2.05) is 25.1 Å². The van der Waals surface area contributed by atoms with Gasteiger partial charge in [0.1, 0.15) is 5.58 Å². The van der Waals surface area contributed by atoms with Crippen LogP contribution in [0.3, 0.4) is 0 Å². The lowest BCUT2D eigenvalue weighted by atomic mass is 10.2. The van der Waals surface area contributed by atoms with E-state index >= 15 is 0 Å². The monoisotopic (exact) mass is 357 g/mol. The average molecular weight is 357 g/mol. The standard InChI is InChI=1S/C14H16INO2/c1-10-4-5-12-11(8-10)9-13(18-12)14(17)16-7-3-2-6-15/h4-5,8-9H,2-3,6-7H2,1H3,(H,16,17). The lowest BCUT2D eigenvalue weighted by Crippen LogP contribution is -2.23. The highest BCUT2D eigenvalue weighted by atomic mass is 127. The molecule has 3 nitrogen and oxygen atoms in total. The van der Waals surface area contributed by atoms with Gasteiger partial charge in [-0.05, 0) is 42.4 Å². The third-order valence-corrected chi connectivity index (χ3v) is 3.50. The molecule has 0 saturated carbocycles. The van der Waals surface area contributed by atoms with Crippen molar-refractivity contribution in [1.82, 2.24) is 5.32 Å². The fourth-order valence-corrected chi connectivity index (χ4v) is 2.32. The number of hydrogen-bond donors (Lipinski definition) is 1. The van der Waals surface area contributed by atoms with Crippen molar-refractivity contribution in [1.29, 1.82) is 0 Å². The molecule has 1 N–H and O–H groups in total. The molecule has 0 radical (unpaired) electrons. The SMILES string of the molecule is Cc1ccc2oc(C(=O)NCCCCI)cc2c1. The maximum absolute atomic E-state index is 11.9. The van der Waals surface area contributed by atoms with E-state index in [2.05, 4.69) is 27.9 Å². The Morgan fingerprint density at radius 3 is 2.94 bits per heavy atom. The first-order chi connectivity index (χ1) is 8.70. The van der Waals surface area contributed by atoms with E-state index in [1.165, 1.54) is 0 Å². The third-order valence-electron chi connectivity index (χ3n) is 2.74. The summed E-state index contributed by atoms with van der Waals surface area (Å²) in [5, 5.41) is 3.85. The summed E-state index contributed by atoms with van der Waals surface area (Å²) < 4.78 is 6.65. The molecule has 2 aromatic rings. The lowest BCUT2D eigenvalue weighted by Gasteiger charge is -2.00. The Kier molecular flexibility index (Phi) is 4.63. The minimum Gasteiger partial charge on any atom is -0.451 e. The third kappa shape index (κ3) is 3.25. The van der Waals surface area contributed by atoms with E-state index in [0.717, 1.165) is 33.8 Å². The molecule has 0 unspecified atom stereocenters. The highest BCUT2D eigenvalue weighted by Gasteiger charge is 2.11. The fraction of sp³-hybridized carbons (Fsp3) is 0.357.